The Balaban J connectivity index is 2.89. The molecule has 0 spiro atoms. The molecule has 3 heteroatoms. The largest absolute Gasteiger partial charge is 0.316 e. The predicted octanol–water partition coefficient (Wildman–Crippen LogP) is 3.52. The molecule has 1 N–H and O–H groups in total. The van der Waals surface area contributed by atoms with Gasteiger partial charge in [-0.2, -0.15) is 5.10 Å². The molecule has 0 aliphatic carbocycles. The van der Waals surface area contributed by atoms with Crippen molar-refractivity contribution in [3.05, 3.63) is 17.0 Å². The molecular formula is C16H31N3. The average Bonchev–Trinajstić information content (AvgIpc) is 2.80. The van der Waals surface area contributed by atoms with Crippen molar-refractivity contribution >= 4 is 0 Å². The van der Waals surface area contributed by atoms with Gasteiger partial charge in [0.15, 0.2) is 0 Å². The SMILES string of the molecule is CCCNCCc1c(CC)nn(C(C)CC)c1CC. The van der Waals surface area contributed by atoms with Gasteiger partial charge in [0.05, 0.1) is 5.69 Å². The molecule has 1 aromatic rings. The minimum absolute atomic E-state index is 0.512. The Kier molecular flexibility index (Phi) is 7.14. The van der Waals surface area contributed by atoms with Crippen LogP contribution < -0.4 is 5.32 Å². The quantitative estimate of drug-likeness (QED) is 0.692. The van der Waals surface area contributed by atoms with E-state index in [2.05, 4.69) is 44.6 Å². The summed E-state index contributed by atoms with van der Waals surface area (Å²) in [4.78, 5) is 0. The van der Waals surface area contributed by atoms with E-state index in [0.717, 1.165) is 38.8 Å². The van der Waals surface area contributed by atoms with Crippen LogP contribution in [0.2, 0.25) is 0 Å². The van der Waals surface area contributed by atoms with Gasteiger partial charge < -0.3 is 5.32 Å². The first-order valence-electron chi connectivity index (χ1n) is 7.99. The van der Waals surface area contributed by atoms with E-state index in [0.29, 0.717) is 6.04 Å². The Hall–Kier alpha value is -0.830. The molecule has 0 aromatic carbocycles. The molecule has 1 rings (SSSR count). The minimum atomic E-state index is 0.512. The van der Waals surface area contributed by atoms with Crippen LogP contribution in [-0.4, -0.2) is 22.9 Å². The zero-order valence-corrected chi connectivity index (χ0v) is 13.4. The molecule has 19 heavy (non-hydrogen) atoms. The number of nitrogens with zero attached hydrogens (tertiary/aromatic N) is 2. The fraction of sp³-hybridized carbons (Fsp3) is 0.812. The average molecular weight is 265 g/mol. The Morgan fingerprint density at radius 2 is 1.84 bits per heavy atom. The molecule has 3 nitrogen and oxygen atoms in total. The standard InChI is InChI=1S/C16H31N3/c1-6-11-17-12-10-14-15(8-3)18-19(13(5)7-2)16(14)9-4/h13,17H,6-12H2,1-5H3. The highest BCUT2D eigenvalue weighted by Crippen LogP contribution is 2.22. The lowest BCUT2D eigenvalue weighted by Crippen LogP contribution is -2.19. The molecule has 0 saturated carbocycles. The van der Waals surface area contributed by atoms with Gasteiger partial charge >= 0.3 is 0 Å². The van der Waals surface area contributed by atoms with Gasteiger partial charge in [-0.25, -0.2) is 0 Å². The number of hydrogen-bond acceptors (Lipinski definition) is 2. The summed E-state index contributed by atoms with van der Waals surface area (Å²) in [7, 11) is 0. The van der Waals surface area contributed by atoms with Gasteiger partial charge in [-0.1, -0.05) is 27.7 Å². The minimum Gasteiger partial charge on any atom is -0.316 e. The van der Waals surface area contributed by atoms with Crippen molar-refractivity contribution in [1.29, 1.82) is 0 Å². The highest BCUT2D eigenvalue weighted by atomic mass is 15.3. The van der Waals surface area contributed by atoms with E-state index in [1.54, 1.807) is 0 Å². The highest BCUT2D eigenvalue weighted by molar-refractivity contribution is 5.27. The second-order valence-corrected chi connectivity index (χ2v) is 5.28. The van der Waals surface area contributed by atoms with E-state index in [4.69, 9.17) is 5.10 Å². The van der Waals surface area contributed by atoms with Crippen molar-refractivity contribution < 1.29 is 0 Å². The van der Waals surface area contributed by atoms with Crippen LogP contribution >= 0.6 is 0 Å². The van der Waals surface area contributed by atoms with Gasteiger partial charge in [0.2, 0.25) is 0 Å². The van der Waals surface area contributed by atoms with E-state index in [1.165, 1.54) is 23.4 Å². The number of rotatable bonds is 9. The smallest absolute Gasteiger partial charge is 0.0657 e. The third-order valence-electron chi connectivity index (χ3n) is 3.86. The summed E-state index contributed by atoms with van der Waals surface area (Å²) in [6, 6.07) is 0.512. The summed E-state index contributed by atoms with van der Waals surface area (Å²) in [6.45, 7) is 13.4. The van der Waals surface area contributed by atoms with Crippen molar-refractivity contribution in [3.63, 3.8) is 0 Å². The van der Waals surface area contributed by atoms with Crippen LogP contribution in [0.5, 0.6) is 0 Å². The molecule has 0 saturated heterocycles. The molecule has 1 aromatic heterocycles. The van der Waals surface area contributed by atoms with Crippen LogP contribution in [-0.2, 0) is 19.3 Å². The van der Waals surface area contributed by atoms with Gasteiger partial charge in [-0.3, -0.25) is 4.68 Å². The van der Waals surface area contributed by atoms with Gasteiger partial charge in [-0.05, 0) is 57.7 Å². The first kappa shape index (κ1) is 16.2. The molecule has 1 unspecified atom stereocenters. The zero-order chi connectivity index (χ0) is 14.3. The number of aromatic nitrogens is 2. The van der Waals surface area contributed by atoms with Crippen LogP contribution in [0.4, 0.5) is 0 Å². The third-order valence-corrected chi connectivity index (χ3v) is 3.86. The summed E-state index contributed by atoms with van der Waals surface area (Å²) < 4.78 is 2.27. The lowest BCUT2D eigenvalue weighted by Gasteiger charge is -2.14. The summed E-state index contributed by atoms with van der Waals surface area (Å²) >= 11 is 0. The number of aryl methyl sites for hydroxylation is 1. The first-order valence-corrected chi connectivity index (χ1v) is 7.99. The monoisotopic (exact) mass is 265 g/mol. The van der Waals surface area contributed by atoms with Crippen molar-refractivity contribution in [2.24, 2.45) is 0 Å². The predicted molar refractivity (Wildman–Crippen MR) is 82.8 cm³/mol. The molecule has 1 atom stereocenters. The normalized spacial score (nSPS) is 12.9. The van der Waals surface area contributed by atoms with Crippen LogP contribution in [0.3, 0.4) is 0 Å². The maximum Gasteiger partial charge on any atom is 0.0657 e. The Morgan fingerprint density at radius 1 is 1.11 bits per heavy atom. The van der Waals surface area contributed by atoms with E-state index in [9.17, 15) is 0 Å². The van der Waals surface area contributed by atoms with Gasteiger partial charge in [0.1, 0.15) is 0 Å². The summed E-state index contributed by atoms with van der Waals surface area (Å²) in [5, 5.41) is 8.36. The second-order valence-electron chi connectivity index (χ2n) is 5.28. The second kappa shape index (κ2) is 8.36. The molecule has 1 heterocycles. The Labute approximate surface area is 118 Å². The molecule has 0 bridgehead atoms. The topological polar surface area (TPSA) is 29.9 Å². The van der Waals surface area contributed by atoms with Crippen molar-refractivity contribution in [1.82, 2.24) is 15.1 Å². The molecule has 0 amide bonds. The zero-order valence-electron chi connectivity index (χ0n) is 13.4. The summed E-state index contributed by atoms with van der Waals surface area (Å²) in [5.41, 5.74) is 4.24. The lowest BCUT2D eigenvalue weighted by atomic mass is 10.1. The van der Waals surface area contributed by atoms with E-state index >= 15 is 0 Å². The molecule has 110 valence electrons. The summed E-state index contributed by atoms with van der Waals surface area (Å²) in [5.74, 6) is 0. The maximum absolute atomic E-state index is 4.86. The van der Waals surface area contributed by atoms with Crippen molar-refractivity contribution in [2.75, 3.05) is 13.1 Å². The Bertz CT molecular complexity index is 368. The van der Waals surface area contributed by atoms with Crippen LogP contribution in [0, 0.1) is 0 Å². The van der Waals surface area contributed by atoms with E-state index < -0.39 is 0 Å². The van der Waals surface area contributed by atoms with Crippen LogP contribution in [0.25, 0.3) is 0 Å². The van der Waals surface area contributed by atoms with E-state index in [1.807, 2.05) is 0 Å². The maximum atomic E-state index is 4.86. The fourth-order valence-electron chi connectivity index (χ4n) is 2.56. The number of nitrogens with one attached hydrogen (secondary N) is 1. The molecular weight excluding hydrogens is 234 g/mol. The lowest BCUT2D eigenvalue weighted by molar-refractivity contribution is 0.458. The first-order chi connectivity index (χ1) is 9.19. The molecule has 0 fully saturated rings. The van der Waals surface area contributed by atoms with Gasteiger partial charge in [-0.15, -0.1) is 0 Å². The fourth-order valence-corrected chi connectivity index (χ4v) is 2.56. The van der Waals surface area contributed by atoms with Crippen LogP contribution in [0.1, 0.15) is 70.5 Å². The van der Waals surface area contributed by atoms with Crippen LogP contribution in [0.15, 0.2) is 0 Å². The molecule has 0 aliphatic rings. The van der Waals surface area contributed by atoms with Gasteiger partial charge in [0, 0.05) is 11.7 Å². The summed E-state index contributed by atoms with van der Waals surface area (Å²) in [6.07, 6.45) is 5.58. The molecule has 0 aliphatic heterocycles. The highest BCUT2D eigenvalue weighted by Gasteiger charge is 2.17. The number of hydrogen-bond donors (Lipinski definition) is 1. The third kappa shape index (κ3) is 4.07. The Morgan fingerprint density at radius 3 is 2.37 bits per heavy atom. The molecule has 0 radical (unpaired) electrons. The van der Waals surface area contributed by atoms with E-state index in [-0.39, 0.29) is 0 Å². The van der Waals surface area contributed by atoms with Gasteiger partial charge in [0.25, 0.3) is 0 Å². The van der Waals surface area contributed by atoms with Crippen molar-refractivity contribution in [3.8, 4) is 0 Å². The van der Waals surface area contributed by atoms with Crippen molar-refractivity contribution in [2.45, 2.75) is 72.8 Å².